The van der Waals surface area contributed by atoms with Crippen LogP contribution >= 0.6 is 31.9 Å². The molecule has 1 atom stereocenters. The summed E-state index contributed by atoms with van der Waals surface area (Å²) >= 11 is 7.27. The molecular weight excluding hydrogens is 394 g/mol. The molecule has 1 saturated heterocycles. The third kappa shape index (κ3) is 2.43. The fraction of sp³-hybridized carbons (Fsp3) is 0.647. The van der Waals surface area contributed by atoms with Crippen LogP contribution in [0.1, 0.15) is 37.8 Å². The average Bonchev–Trinajstić information content (AvgIpc) is 2.61. The second-order valence-electron chi connectivity index (χ2n) is 7.32. The number of rotatable bonds is 1. The maximum absolute atomic E-state index is 11.8. The quantitative estimate of drug-likeness (QED) is 0.736. The van der Waals surface area contributed by atoms with Crippen LogP contribution in [-0.2, 0) is 12.0 Å². The van der Waals surface area contributed by atoms with Gasteiger partial charge in [-0.1, -0.05) is 45.7 Å². The Balaban J connectivity index is 2.09. The highest BCUT2D eigenvalue weighted by Crippen LogP contribution is 2.57. The van der Waals surface area contributed by atoms with Gasteiger partial charge in [0.15, 0.2) is 0 Å². The van der Waals surface area contributed by atoms with Crippen LogP contribution in [0.25, 0.3) is 0 Å². The molecule has 1 aliphatic heterocycles. The molecule has 1 aliphatic carbocycles. The lowest BCUT2D eigenvalue weighted by atomic mass is 9.65. The van der Waals surface area contributed by atoms with Gasteiger partial charge in [0.05, 0.1) is 5.60 Å². The van der Waals surface area contributed by atoms with Crippen molar-refractivity contribution in [2.45, 2.75) is 38.7 Å². The molecule has 116 valence electrons. The minimum absolute atomic E-state index is 0.126. The van der Waals surface area contributed by atoms with Crippen molar-refractivity contribution in [2.24, 2.45) is 11.3 Å². The molecule has 1 heterocycles. The van der Waals surface area contributed by atoms with Gasteiger partial charge in [-0.15, -0.1) is 0 Å². The Bertz CT molecular complexity index is 564. The molecule has 2 aliphatic rings. The molecule has 2 nitrogen and oxygen atoms in total. The summed E-state index contributed by atoms with van der Waals surface area (Å²) in [6, 6.07) is 4.22. The fourth-order valence-corrected chi connectivity index (χ4v) is 5.63. The first-order chi connectivity index (χ1) is 9.75. The Morgan fingerprint density at radius 2 is 1.81 bits per heavy atom. The maximum atomic E-state index is 11.8. The van der Waals surface area contributed by atoms with E-state index >= 15 is 0 Å². The summed E-state index contributed by atoms with van der Waals surface area (Å²) in [5, 5.41) is 11.8. The smallest absolute Gasteiger partial charge is 0.0982 e. The number of aliphatic hydroxyl groups is 1. The van der Waals surface area contributed by atoms with Gasteiger partial charge in [0.25, 0.3) is 0 Å². The normalized spacial score (nSPS) is 29.6. The zero-order valence-corrected chi connectivity index (χ0v) is 16.1. The predicted octanol–water partition coefficient (Wildman–Crippen LogP) is 4.32. The van der Waals surface area contributed by atoms with Crippen molar-refractivity contribution in [3.8, 4) is 0 Å². The lowest BCUT2D eigenvalue weighted by molar-refractivity contribution is -0.121. The molecular formula is C17H23Br2NO. The zero-order chi connectivity index (χ0) is 15.4. The van der Waals surface area contributed by atoms with E-state index in [2.05, 4.69) is 69.8 Å². The van der Waals surface area contributed by atoms with E-state index < -0.39 is 5.60 Å². The Hall–Kier alpha value is 0.1000. The molecule has 1 aromatic carbocycles. The second-order valence-corrected chi connectivity index (χ2v) is 9.09. The van der Waals surface area contributed by atoms with Crippen LogP contribution < -0.4 is 0 Å². The van der Waals surface area contributed by atoms with Crippen LogP contribution in [0, 0.1) is 11.3 Å². The summed E-state index contributed by atoms with van der Waals surface area (Å²) in [6.07, 6.45) is 3.07. The lowest BCUT2D eigenvalue weighted by Crippen LogP contribution is -2.49. The highest BCUT2D eigenvalue weighted by molar-refractivity contribution is 9.11. The summed E-state index contributed by atoms with van der Waals surface area (Å²) in [6.45, 7) is 6.58. The number of likely N-dealkylation sites (tertiary alicyclic amines) is 1. The Kier molecular flexibility index (Phi) is 4.05. The van der Waals surface area contributed by atoms with Gasteiger partial charge in [0.1, 0.15) is 0 Å². The first-order valence-corrected chi connectivity index (χ1v) is 9.23. The molecule has 0 spiro atoms. The molecule has 1 N–H and O–H groups in total. The van der Waals surface area contributed by atoms with E-state index in [0.29, 0.717) is 5.92 Å². The number of piperidine rings is 1. The van der Waals surface area contributed by atoms with E-state index in [0.717, 1.165) is 46.9 Å². The van der Waals surface area contributed by atoms with E-state index in [9.17, 15) is 5.11 Å². The molecule has 4 heteroatoms. The standard InChI is InChI=1S/C17H23Br2NO/c1-16(2)10-13-14(8-12(18)9-15(13)19)17(16,21)11-4-6-20(3)7-5-11/h8-9,11,21H,4-7,10H2,1-3H3. The topological polar surface area (TPSA) is 23.5 Å². The molecule has 1 aromatic rings. The molecule has 21 heavy (non-hydrogen) atoms. The lowest BCUT2D eigenvalue weighted by Gasteiger charge is -2.46. The second kappa shape index (κ2) is 5.33. The van der Waals surface area contributed by atoms with Crippen molar-refractivity contribution in [2.75, 3.05) is 20.1 Å². The minimum Gasteiger partial charge on any atom is -0.384 e. The van der Waals surface area contributed by atoms with E-state index in [1.165, 1.54) is 5.56 Å². The van der Waals surface area contributed by atoms with Crippen molar-refractivity contribution < 1.29 is 5.11 Å². The Morgan fingerprint density at radius 3 is 2.43 bits per heavy atom. The zero-order valence-electron chi connectivity index (χ0n) is 12.9. The number of benzene rings is 1. The van der Waals surface area contributed by atoms with E-state index in [-0.39, 0.29) is 5.41 Å². The maximum Gasteiger partial charge on any atom is 0.0982 e. The van der Waals surface area contributed by atoms with Crippen LogP contribution in [-0.4, -0.2) is 30.1 Å². The van der Waals surface area contributed by atoms with Gasteiger partial charge in [0, 0.05) is 14.4 Å². The van der Waals surface area contributed by atoms with Gasteiger partial charge in [-0.25, -0.2) is 0 Å². The highest BCUT2D eigenvalue weighted by Gasteiger charge is 2.56. The largest absolute Gasteiger partial charge is 0.384 e. The van der Waals surface area contributed by atoms with Crippen molar-refractivity contribution in [1.82, 2.24) is 4.90 Å². The predicted molar refractivity (Wildman–Crippen MR) is 93.4 cm³/mol. The van der Waals surface area contributed by atoms with Gasteiger partial charge in [-0.3, -0.25) is 0 Å². The van der Waals surface area contributed by atoms with Gasteiger partial charge >= 0.3 is 0 Å². The summed E-state index contributed by atoms with van der Waals surface area (Å²) in [5.41, 5.74) is 1.56. The molecule has 0 bridgehead atoms. The van der Waals surface area contributed by atoms with Crippen LogP contribution in [0.4, 0.5) is 0 Å². The molecule has 0 saturated carbocycles. The van der Waals surface area contributed by atoms with E-state index in [1.807, 2.05) is 0 Å². The first-order valence-electron chi connectivity index (χ1n) is 7.65. The number of nitrogens with zero attached hydrogens (tertiary/aromatic N) is 1. The van der Waals surface area contributed by atoms with Crippen molar-refractivity contribution >= 4 is 31.9 Å². The number of hydrogen-bond donors (Lipinski definition) is 1. The average molecular weight is 417 g/mol. The van der Waals surface area contributed by atoms with Crippen molar-refractivity contribution in [3.05, 3.63) is 32.2 Å². The molecule has 3 rings (SSSR count). The first kappa shape index (κ1) is 16.0. The summed E-state index contributed by atoms with van der Waals surface area (Å²) < 4.78 is 2.15. The Labute approximate surface area is 144 Å². The molecule has 1 unspecified atom stereocenters. The van der Waals surface area contributed by atoms with Gasteiger partial charge < -0.3 is 10.0 Å². The van der Waals surface area contributed by atoms with Gasteiger partial charge in [-0.2, -0.15) is 0 Å². The summed E-state index contributed by atoms with van der Waals surface area (Å²) in [4.78, 5) is 2.36. The summed E-state index contributed by atoms with van der Waals surface area (Å²) in [5.74, 6) is 0.339. The van der Waals surface area contributed by atoms with Crippen molar-refractivity contribution in [3.63, 3.8) is 0 Å². The molecule has 0 radical (unpaired) electrons. The third-order valence-electron chi connectivity index (χ3n) is 5.53. The van der Waals surface area contributed by atoms with Crippen molar-refractivity contribution in [1.29, 1.82) is 0 Å². The van der Waals surface area contributed by atoms with E-state index in [1.54, 1.807) is 0 Å². The van der Waals surface area contributed by atoms with Crippen LogP contribution in [0.15, 0.2) is 21.1 Å². The van der Waals surface area contributed by atoms with Crippen LogP contribution in [0.2, 0.25) is 0 Å². The molecule has 0 aromatic heterocycles. The summed E-state index contributed by atoms with van der Waals surface area (Å²) in [7, 11) is 2.17. The molecule has 1 fully saturated rings. The minimum atomic E-state index is -0.726. The number of fused-ring (bicyclic) bond motifs is 1. The highest BCUT2D eigenvalue weighted by atomic mass is 79.9. The SMILES string of the molecule is CN1CCC(C2(O)c3cc(Br)cc(Br)c3CC2(C)C)CC1. The van der Waals surface area contributed by atoms with Gasteiger partial charge in [-0.05, 0) is 68.6 Å². The van der Waals surface area contributed by atoms with E-state index in [4.69, 9.17) is 0 Å². The number of hydrogen-bond acceptors (Lipinski definition) is 2. The Morgan fingerprint density at radius 1 is 1.19 bits per heavy atom. The van der Waals surface area contributed by atoms with Crippen LogP contribution in [0.5, 0.6) is 0 Å². The van der Waals surface area contributed by atoms with Gasteiger partial charge in [0.2, 0.25) is 0 Å². The third-order valence-corrected chi connectivity index (χ3v) is 6.70. The fourth-order valence-electron chi connectivity index (χ4n) is 4.26. The van der Waals surface area contributed by atoms with Crippen LogP contribution in [0.3, 0.4) is 0 Å². The monoisotopic (exact) mass is 415 g/mol. The number of halogens is 2. The molecule has 0 amide bonds.